The van der Waals surface area contributed by atoms with Gasteiger partial charge in [-0.1, -0.05) is 36.4 Å². The minimum atomic E-state index is -0.239. The minimum Gasteiger partial charge on any atom is -0.326 e. The summed E-state index contributed by atoms with van der Waals surface area (Å²) in [5, 5.41) is 3.39. The topological polar surface area (TPSA) is 85.5 Å². The molecule has 1 amide bonds. The maximum atomic E-state index is 13.1. The molecule has 0 spiro atoms. The molecule has 2 aromatic heterocycles. The van der Waals surface area contributed by atoms with Crippen LogP contribution in [0.25, 0.3) is 16.6 Å². The second-order valence-corrected chi connectivity index (χ2v) is 8.18. The molecule has 7 heteroatoms. The zero-order valence-electron chi connectivity index (χ0n) is 18.6. The van der Waals surface area contributed by atoms with Gasteiger partial charge in [0.2, 0.25) is 5.91 Å². The van der Waals surface area contributed by atoms with Gasteiger partial charge in [-0.25, -0.2) is 4.98 Å². The molecule has 1 N–H and O–H groups in total. The van der Waals surface area contributed by atoms with Gasteiger partial charge in [-0.3, -0.25) is 23.4 Å². The molecule has 3 aromatic carbocycles. The highest BCUT2D eigenvalue weighted by Crippen LogP contribution is 2.16. The number of hydrogen-bond donors (Lipinski definition) is 1. The second kappa shape index (κ2) is 8.78. The normalized spacial score (nSPS) is 11.1. The van der Waals surface area contributed by atoms with E-state index in [-0.39, 0.29) is 30.2 Å². The number of carbonyl (C=O) groups is 2. The SMILES string of the molecule is Cc1ccccc1CC(=O)Nc1ccc(C(=O)Cn2c(=O)c3ccccc3n3cncc23)cc1. The quantitative estimate of drug-likeness (QED) is 0.396. The molecule has 0 aliphatic rings. The Morgan fingerprint density at radius 1 is 0.941 bits per heavy atom. The first-order valence-corrected chi connectivity index (χ1v) is 10.9. The van der Waals surface area contributed by atoms with Gasteiger partial charge < -0.3 is 5.32 Å². The van der Waals surface area contributed by atoms with Crippen molar-refractivity contribution < 1.29 is 9.59 Å². The van der Waals surface area contributed by atoms with Gasteiger partial charge >= 0.3 is 0 Å². The summed E-state index contributed by atoms with van der Waals surface area (Å²) >= 11 is 0. The molecule has 0 radical (unpaired) electrons. The van der Waals surface area contributed by atoms with Crippen molar-refractivity contribution in [2.45, 2.75) is 19.9 Å². The van der Waals surface area contributed by atoms with E-state index in [0.29, 0.717) is 22.3 Å². The van der Waals surface area contributed by atoms with Crippen molar-refractivity contribution in [3.8, 4) is 0 Å². The molecular weight excluding hydrogens is 428 g/mol. The first-order chi connectivity index (χ1) is 16.5. The van der Waals surface area contributed by atoms with Crippen LogP contribution in [0.3, 0.4) is 0 Å². The summed E-state index contributed by atoms with van der Waals surface area (Å²) in [6.07, 6.45) is 3.49. The lowest BCUT2D eigenvalue weighted by atomic mass is 10.1. The van der Waals surface area contributed by atoms with Crippen LogP contribution < -0.4 is 10.9 Å². The van der Waals surface area contributed by atoms with Gasteiger partial charge in [0.05, 0.1) is 30.1 Å². The number of carbonyl (C=O) groups excluding carboxylic acids is 2. The summed E-state index contributed by atoms with van der Waals surface area (Å²) in [5.74, 6) is -0.336. The van der Waals surface area contributed by atoms with Gasteiger partial charge in [-0.2, -0.15) is 0 Å². The van der Waals surface area contributed by atoms with E-state index < -0.39 is 0 Å². The van der Waals surface area contributed by atoms with Gasteiger partial charge in [0.1, 0.15) is 12.0 Å². The van der Waals surface area contributed by atoms with Crippen molar-refractivity contribution in [1.82, 2.24) is 14.0 Å². The van der Waals surface area contributed by atoms with Crippen LogP contribution in [0, 0.1) is 6.92 Å². The zero-order chi connectivity index (χ0) is 23.7. The maximum absolute atomic E-state index is 13.1. The smallest absolute Gasteiger partial charge is 0.262 e. The number of imidazole rings is 1. The first kappa shape index (κ1) is 21.3. The van der Waals surface area contributed by atoms with Crippen LogP contribution in [0.2, 0.25) is 0 Å². The molecule has 0 aliphatic carbocycles. The Balaban J connectivity index is 1.34. The number of aromatic nitrogens is 3. The average Bonchev–Trinajstić information content (AvgIpc) is 3.34. The largest absolute Gasteiger partial charge is 0.326 e. The lowest BCUT2D eigenvalue weighted by molar-refractivity contribution is -0.115. The molecule has 7 nitrogen and oxygen atoms in total. The molecular formula is C27H22N4O3. The summed E-state index contributed by atoms with van der Waals surface area (Å²) in [5.41, 5.74) is 4.16. The molecule has 0 unspecified atom stereocenters. The molecule has 5 aromatic rings. The number of hydrogen-bond acceptors (Lipinski definition) is 4. The molecule has 0 atom stereocenters. The van der Waals surface area contributed by atoms with E-state index in [4.69, 9.17) is 0 Å². The second-order valence-electron chi connectivity index (χ2n) is 8.18. The number of aryl methyl sites for hydroxylation is 1. The Labute approximate surface area is 195 Å². The van der Waals surface area contributed by atoms with Crippen LogP contribution in [0.5, 0.6) is 0 Å². The predicted molar refractivity (Wildman–Crippen MR) is 131 cm³/mol. The average molecular weight is 450 g/mol. The molecule has 5 rings (SSSR count). The summed E-state index contributed by atoms with van der Waals surface area (Å²) in [6.45, 7) is 1.86. The van der Waals surface area contributed by atoms with Gasteiger partial charge in [0.15, 0.2) is 5.78 Å². The van der Waals surface area contributed by atoms with Crippen molar-refractivity contribution in [3.63, 3.8) is 0 Å². The summed E-state index contributed by atoms with van der Waals surface area (Å²) < 4.78 is 3.24. The van der Waals surface area contributed by atoms with Crippen molar-refractivity contribution in [2.75, 3.05) is 5.32 Å². The maximum Gasteiger partial charge on any atom is 0.262 e. The minimum absolute atomic E-state index is 0.113. The van der Waals surface area contributed by atoms with Gasteiger partial charge in [0.25, 0.3) is 5.56 Å². The van der Waals surface area contributed by atoms with E-state index in [1.54, 1.807) is 53.3 Å². The van der Waals surface area contributed by atoms with E-state index in [0.717, 1.165) is 16.6 Å². The number of nitrogens with zero attached hydrogens (tertiary/aromatic N) is 3. The number of rotatable bonds is 6. The molecule has 0 saturated heterocycles. The Morgan fingerprint density at radius 3 is 2.47 bits per heavy atom. The third-order valence-corrected chi connectivity index (χ3v) is 5.94. The van der Waals surface area contributed by atoms with Crippen LogP contribution in [-0.2, 0) is 17.8 Å². The van der Waals surface area contributed by atoms with Crippen molar-refractivity contribution in [1.29, 1.82) is 0 Å². The third kappa shape index (κ3) is 3.99. The Hall–Kier alpha value is -4.52. The number of amides is 1. The molecule has 0 fully saturated rings. The van der Waals surface area contributed by atoms with Crippen LogP contribution in [0.15, 0.2) is 90.1 Å². The highest BCUT2D eigenvalue weighted by Gasteiger charge is 2.15. The Kier molecular flexibility index (Phi) is 5.51. The molecule has 0 aliphatic heterocycles. The Bertz CT molecular complexity index is 1600. The lowest BCUT2D eigenvalue weighted by Gasteiger charge is -2.11. The van der Waals surface area contributed by atoms with E-state index in [1.807, 2.05) is 43.3 Å². The highest BCUT2D eigenvalue weighted by atomic mass is 16.2. The fourth-order valence-corrected chi connectivity index (χ4v) is 4.10. The van der Waals surface area contributed by atoms with Crippen molar-refractivity contribution >= 4 is 33.9 Å². The molecule has 0 saturated carbocycles. The van der Waals surface area contributed by atoms with E-state index in [1.165, 1.54) is 4.57 Å². The molecule has 34 heavy (non-hydrogen) atoms. The number of para-hydroxylation sites is 1. The summed E-state index contributed by atoms with van der Waals surface area (Å²) in [7, 11) is 0. The number of anilines is 1. The number of Topliss-reactive ketones (excluding diaryl/α,β-unsaturated/α-hetero) is 1. The number of ketones is 1. The fourth-order valence-electron chi connectivity index (χ4n) is 4.10. The predicted octanol–water partition coefficient (Wildman–Crippen LogP) is 4.02. The number of fused-ring (bicyclic) bond motifs is 3. The lowest BCUT2D eigenvalue weighted by Crippen LogP contribution is -2.26. The molecule has 0 bridgehead atoms. The van der Waals surface area contributed by atoms with E-state index >= 15 is 0 Å². The van der Waals surface area contributed by atoms with Crippen LogP contribution in [0.1, 0.15) is 21.5 Å². The molecule has 168 valence electrons. The van der Waals surface area contributed by atoms with Crippen LogP contribution in [-0.4, -0.2) is 25.6 Å². The number of nitrogens with one attached hydrogen (secondary N) is 1. The van der Waals surface area contributed by atoms with Crippen molar-refractivity contribution in [3.05, 3.63) is 112 Å². The third-order valence-electron chi connectivity index (χ3n) is 5.94. The Morgan fingerprint density at radius 2 is 1.68 bits per heavy atom. The fraction of sp³-hybridized carbons (Fsp3) is 0.111. The van der Waals surface area contributed by atoms with Crippen molar-refractivity contribution in [2.24, 2.45) is 0 Å². The van der Waals surface area contributed by atoms with Crippen LogP contribution in [0.4, 0.5) is 5.69 Å². The van der Waals surface area contributed by atoms with Gasteiger partial charge in [-0.05, 0) is 54.4 Å². The number of benzene rings is 3. The standard InChI is InChI=1S/C27H22N4O3/c1-18-6-2-3-7-20(18)14-25(33)29-21-12-10-19(11-13-21)24(32)16-30-26-15-28-17-31(26)23-9-5-4-8-22(23)27(30)34/h2-13,15,17H,14,16H2,1H3,(H,29,33). The van der Waals surface area contributed by atoms with E-state index in [2.05, 4.69) is 10.3 Å². The van der Waals surface area contributed by atoms with Gasteiger partial charge in [0, 0.05) is 11.3 Å². The first-order valence-electron chi connectivity index (χ1n) is 10.9. The zero-order valence-corrected chi connectivity index (χ0v) is 18.6. The summed E-state index contributed by atoms with van der Waals surface area (Å²) in [6, 6.07) is 21.7. The monoisotopic (exact) mass is 450 g/mol. The van der Waals surface area contributed by atoms with E-state index in [9.17, 15) is 14.4 Å². The molecule has 2 heterocycles. The van der Waals surface area contributed by atoms with Gasteiger partial charge in [-0.15, -0.1) is 0 Å². The summed E-state index contributed by atoms with van der Waals surface area (Å²) in [4.78, 5) is 42.7. The highest BCUT2D eigenvalue weighted by molar-refractivity contribution is 5.98. The van der Waals surface area contributed by atoms with Crippen LogP contribution >= 0.6 is 0 Å².